The molecule has 88 valence electrons. The van der Waals surface area contributed by atoms with Gasteiger partial charge in [-0.15, -0.1) is 0 Å². The minimum Gasteiger partial charge on any atom is -0.475 e. The third-order valence-corrected chi connectivity index (χ3v) is 1.57. The van der Waals surface area contributed by atoms with Gasteiger partial charge in [0.25, 0.3) is 5.78 Å². The summed E-state index contributed by atoms with van der Waals surface area (Å²) in [6, 6.07) is 3.69. The standard InChI is InChI=1S/C10H10F3NO2/c1-6(2)16-8-5-3-4-7(14-8)9(15)10(11,12)13/h3-6H,1-2H3. The number of Topliss-reactive ketones (excluding diaryl/α,β-unsaturated/α-hetero) is 1. The molecule has 0 N–H and O–H groups in total. The molecule has 0 amide bonds. The number of carbonyl (C=O) groups is 1. The van der Waals surface area contributed by atoms with Crippen molar-refractivity contribution in [2.75, 3.05) is 0 Å². The summed E-state index contributed by atoms with van der Waals surface area (Å²) in [6.45, 7) is 3.42. The van der Waals surface area contributed by atoms with E-state index in [1.807, 2.05) is 0 Å². The van der Waals surface area contributed by atoms with Crippen LogP contribution < -0.4 is 4.74 Å². The summed E-state index contributed by atoms with van der Waals surface area (Å²) in [5.41, 5.74) is -0.661. The molecule has 0 aliphatic heterocycles. The maximum atomic E-state index is 12.1. The molecule has 0 bridgehead atoms. The summed E-state index contributed by atoms with van der Waals surface area (Å²) in [5.74, 6) is -1.97. The van der Waals surface area contributed by atoms with Gasteiger partial charge in [-0.2, -0.15) is 13.2 Å². The quantitative estimate of drug-likeness (QED) is 0.753. The van der Waals surface area contributed by atoms with Crippen LogP contribution in [-0.4, -0.2) is 23.0 Å². The third-order valence-electron chi connectivity index (χ3n) is 1.57. The minimum atomic E-state index is -4.91. The van der Waals surface area contributed by atoms with E-state index in [9.17, 15) is 18.0 Å². The number of pyridine rings is 1. The summed E-state index contributed by atoms with van der Waals surface area (Å²) in [5, 5.41) is 0. The topological polar surface area (TPSA) is 39.2 Å². The van der Waals surface area contributed by atoms with Crippen LogP contribution in [0, 0.1) is 0 Å². The Morgan fingerprint density at radius 2 is 2.00 bits per heavy atom. The lowest BCUT2D eigenvalue weighted by molar-refractivity contribution is -0.0888. The highest BCUT2D eigenvalue weighted by Gasteiger charge is 2.40. The van der Waals surface area contributed by atoms with E-state index in [1.165, 1.54) is 12.1 Å². The van der Waals surface area contributed by atoms with E-state index >= 15 is 0 Å². The average molecular weight is 233 g/mol. The number of ether oxygens (including phenoxy) is 1. The molecule has 0 spiro atoms. The molecule has 0 atom stereocenters. The van der Waals surface area contributed by atoms with E-state index < -0.39 is 17.7 Å². The second-order valence-electron chi connectivity index (χ2n) is 3.35. The van der Waals surface area contributed by atoms with Crippen LogP contribution in [0.2, 0.25) is 0 Å². The molecule has 1 rings (SSSR count). The van der Waals surface area contributed by atoms with E-state index in [0.717, 1.165) is 6.07 Å². The zero-order chi connectivity index (χ0) is 12.3. The lowest BCUT2D eigenvalue weighted by Crippen LogP contribution is -2.24. The van der Waals surface area contributed by atoms with E-state index in [0.29, 0.717) is 0 Å². The average Bonchev–Trinajstić information content (AvgIpc) is 2.14. The Morgan fingerprint density at radius 3 is 2.50 bits per heavy atom. The highest BCUT2D eigenvalue weighted by Crippen LogP contribution is 2.21. The van der Waals surface area contributed by atoms with Crippen molar-refractivity contribution in [2.45, 2.75) is 26.1 Å². The van der Waals surface area contributed by atoms with Crippen molar-refractivity contribution in [2.24, 2.45) is 0 Å². The lowest BCUT2D eigenvalue weighted by atomic mass is 10.2. The predicted molar refractivity (Wildman–Crippen MR) is 50.4 cm³/mol. The number of rotatable bonds is 3. The predicted octanol–water partition coefficient (Wildman–Crippen LogP) is 2.61. The van der Waals surface area contributed by atoms with E-state index in [1.54, 1.807) is 13.8 Å². The molecule has 1 aromatic rings. The smallest absolute Gasteiger partial charge is 0.456 e. The fourth-order valence-electron chi connectivity index (χ4n) is 0.994. The van der Waals surface area contributed by atoms with Crippen molar-refractivity contribution in [1.82, 2.24) is 4.98 Å². The molecule has 0 radical (unpaired) electrons. The molecule has 0 saturated carbocycles. The van der Waals surface area contributed by atoms with Gasteiger partial charge in [0.15, 0.2) is 0 Å². The van der Waals surface area contributed by atoms with Crippen LogP contribution in [-0.2, 0) is 0 Å². The first-order valence-electron chi connectivity index (χ1n) is 4.56. The lowest BCUT2D eigenvalue weighted by Gasteiger charge is -2.09. The SMILES string of the molecule is CC(C)Oc1cccc(C(=O)C(F)(F)F)n1. The Hall–Kier alpha value is -1.59. The molecule has 1 aromatic heterocycles. The molecule has 0 aliphatic carbocycles. The molecule has 0 saturated heterocycles. The first kappa shape index (κ1) is 12.5. The minimum absolute atomic E-state index is 0.00472. The number of ketones is 1. The Balaban J connectivity index is 2.95. The molecular formula is C10H10F3NO2. The van der Waals surface area contributed by atoms with Crippen molar-refractivity contribution in [3.8, 4) is 5.88 Å². The molecule has 16 heavy (non-hydrogen) atoms. The van der Waals surface area contributed by atoms with E-state index in [4.69, 9.17) is 4.74 Å². The van der Waals surface area contributed by atoms with Gasteiger partial charge in [-0.1, -0.05) is 6.07 Å². The molecule has 1 heterocycles. The van der Waals surface area contributed by atoms with Crippen LogP contribution in [0.1, 0.15) is 24.3 Å². The summed E-state index contributed by atoms with van der Waals surface area (Å²) in [4.78, 5) is 14.3. The van der Waals surface area contributed by atoms with Gasteiger partial charge in [-0.3, -0.25) is 4.79 Å². The number of halogens is 3. The molecule has 0 aliphatic rings. The first-order chi connectivity index (χ1) is 7.30. The van der Waals surface area contributed by atoms with Crippen molar-refractivity contribution in [3.05, 3.63) is 23.9 Å². The van der Waals surface area contributed by atoms with E-state index in [2.05, 4.69) is 4.98 Å². The molecule has 6 heteroatoms. The van der Waals surface area contributed by atoms with Gasteiger partial charge >= 0.3 is 6.18 Å². The van der Waals surface area contributed by atoms with Gasteiger partial charge in [0.2, 0.25) is 5.88 Å². The zero-order valence-electron chi connectivity index (χ0n) is 8.71. The maximum Gasteiger partial charge on any atom is 0.456 e. The van der Waals surface area contributed by atoms with Crippen molar-refractivity contribution >= 4 is 5.78 Å². The zero-order valence-corrected chi connectivity index (χ0v) is 8.71. The number of nitrogens with zero attached hydrogens (tertiary/aromatic N) is 1. The van der Waals surface area contributed by atoms with Crippen LogP contribution in [0.4, 0.5) is 13.2 Å². The van der Waals surface area contributed by atoms with Gasteiger partial charge in [0.1, 0.15) is 5.69 Å². The number of alkyl halides is 3. The Labute approximate surface area is 90.2 Å². The fourth-order valence-corrected chi connectivity index (χ4v) is 0.994. The van der Waals surface area contributed by atoms with Gasteiger partial charge in [0, 0.05) is 6.07 Å². The van der Waals surface area contributed by atoms with Crippen LogP contribution in [0.3, 0.4) is 0 Å². The monoisotopic (exact) mass is 233 g/mol. The summed E-state index contributed by atoms with van der Waals surface area (Å²) in [7, 11) is 0. The number of hydrogen-bond acceptors (Lipinski definition) is 3. The molecule has 0 unspecified atom stereocenters. The second-order valence-corrected chi connectivity index (χ2v) is 3.35. The molecule has 3 nitrogen and oxygen atoms in total. The van der Waals surface area contributed by atoms with Crippen LogP contribution >= 0.6 is 0 Å². The Morgan fingerprint density at radius 1 is 1.38 bits per heavy atom. The Kier molecular flexibility index (Phi) is 3.51. The number of aromatic nitrogens is 1. The van der Waals surface area contributed by atoms with Gasteiger partial charge in [0.05, 0.1) is 6.10 Å². The van der Waals surface area contributed by atoms with Gasteiger partial charge in [-0.25, -0.2) is 4.98 Å². The summed E-state index contributed by atoms with van der Waals surface area (Å²) >= 11 is 0. The normalized spacial score (nSPS) is 11.6. The Bertz CT molecular complexity index is 388. The summed E-state index contributed by atoms with van der Waals surface area (Å²) < 4.78 is 41.4. The van der Waals surface area contributed by atoms with Crippen LogP contribution in [0.5, 0.6) is 5.88 Å². The van der Waals surface area contributed by atoms with Gasteiger partial charge in [-0.05, 0) is 19.9 Å². The van der Waals surface area contributed by atoms with Crippen molar-refractivity contribution in [3.63, 3.8) is 0 Å². The molecular weight excluding hydrogens is 223 g/mol. The third kappa shape index (κ3) is 3.22. The highest BCUT2D eigenvalue weighted by atomic mass is 19.4. The molecule has 0 fully saturated rings. The molecule has 0 aromatic carbocycles. The van der Waals surface area contributed by atoms with Crippen molar-refractivity contribution in [1.29, 1.82) is 0 Å². The highest BCUT2D eigenvalue weighted by molar-refractivity contribution is 5.98. The second kappa shape index (κ2) is 4.51. The first-order valence-corrected chi connectivity index (χ1v) is 4.56. The van der Waals surface area contributed by atoms with Crippen LogP contribution in [0.25, 0.3) is 0 Å². The fraction of sp³-hybridized carbons (Fsp3) is 0.400. The summed E-state index contributed by atoms with van der Waals surface area (Å²) in [6.07, 6.45) is -5.13. The largest absolute Gasteiger partial charge is 0.475 e. The van der Waals surface area contributed by atoms with Crippen LogP contribution in [0.15, 0.2) is 18.2 Å². The van der Waals surface area contributed by atoms with Crippen molar-refractivity contribution < 1.29 is 22.7 Å². The number of hydrogen-bond donors (Lipinski definition) is 0. The number of carbonyl (C=O) groups excluding carboxylic acids is 1. The maximum absolute atomic E-state index is 12.1. The van der Waals surface area contributed by atoms with Gasteiger partial charge < -0.3 is 4.74 Å². The van der Waals surface area contributed by atoms with E-state index in [-0.39, 0.29) is 12.0 Å².